The molecule has 0 aromatic carbocycles. The number of nitrogens with zero attached hydrogens (tertiary/aromatic N) is 2. The maximum Gasteiger partial charge on any atom is 0.305 e. The molecule has 0 aliphatic carbocycles. The molecule has 1 amide bonds. The molecule has 80 heavy (non-hydrogen) atoms. The van der Waals surface area contributed by atoms with Gasteiger partial charge in [-0.1, -0.05) is 247 Å². The summed E-state index contributed by atoms with van der Waals surface area (Å²) in [6.07, 6.45) is 55.2. The summed E-state index contributed by atoms with van der Waals surface area (Å²) in [5.41, 5.74) is 0. The minimum atomic E-state index is -0.0240. The Morgan fingerprint density at radius 2 is 0.550 bits per heavy atom. The average molecular weight is 1130 g/mol. The Kier molecular flexibility index (Phi) is 58.4. The predicted octanol–water partition coefficient (Wildman–Crippen LogP) is 20.8. The van der Waals surface area contributed by atoms with Gasteiger partial charge >= 0.3 is 17.9 Å². The van der Waals surface area contributed by atoms with Gasteiger partial charge in [-0.2, -0.15) is 0 Å². The van der Waals surface area contributed by atoms with Gasteiger partial charge < -0.3 is 24.0 Å². The van der Waals surface area contributed by atoms with Crippen LogP contribution >= 0.6 is 0 Å². The van der Waals surface area contributed by atoms with Crippen molar-refractivity contribution in [2.75, 3.05) is 47.0 Å². The average Bonchev–Trinajstić information content (AvgIpc) is 3.45. The van der Waals surface area contributed by atoms with Gasteiger partial charge in [-0.3, -0.25) is 19.2 Å². The van der Waals surface area contributed by atoms with Crippen molar-refractivity contribution in [3.05, 3.63) is 0 Å². The van der Waals surface area contributed by atoms with Crippen molar-refractivity contribution in [2.24, 2.45) is 17.8 Å². The highest BCUT2D eigenvalue weighted by Gasteiger charge is 2.23. The molecule has 3 unspecified atom stereocenters. The van der Waals surface area contributed by atoms with E-state index in [1.54, 1.807) is 0 Å². The van der Waals surface area contributed by atoms with Crippen LogP contribution in [0.2, 0.25) is 0 Å². The number of ether oxygens (including phenoxy) is 3. The molecule has 9 nitrogen and oxygen atoms in total. The third-order valence-electron chi connectivity index (χ3n) is 17.1. The first kappa shape index (κ1) is 77.8. The second kappa shape index (κ2) is 60.0. The first-order chi connectivity index (χ1) is 39.0. The van der Waals surface area contributed by atoms with Gasteiger partial charge in [-0.25, -0.2) is 0 Å². The van der Waals surface area contributed by atoms with E-state index >= 15 is 0 Å². The molecule has 0 aromatic heterocycles. The molecule has 0 aliphatic rings. The van der Waals surface area contributed by atoms with Crippen LogP contribution in [-0.2, 0) is 33.4 Å². The lowest BCUT2D eigenvalue weighted by Gasteiger charge is -2.33. The molecule has 0 fully saturated rings. The van der Waals surface area contributed by atoms with E-state index in [1.165, 1.54) is 161 Å². The van der Waals surface area contributed by atoms with Gasteiger partial charge in [0.15, 0.2) is 0 Å². The standard InChI is InChI=1S/C71H138N2O7/c1-9-15-21-36-50-64(47-18-12-4)61-78-69(75)56-41-32-26-24-30-39-53-67(54-40-31-25-27-33-42-57-70(76)79-62-65(48-19-13-5)51-37-22-16-10-2)73(68(74)55-44-46-59-72(7)8)60-45-35-29-28-34-43-58-71(77)80-63-66(49-20-14-6)52-38-23-17-11-3/h64-67H,9-63H2,1-8H3. The molecule has 0 radical (unpaired) electrons. The smallest absolute Gasteiger partial charge is 0.305 e. The van der Waals surface area contributed by atoms with Gasteiger partial charge in [-0.15, -0.1) is 0 Å². The minimum Gasteiger partial charge on any atom is -0.465 e. The monoisotopic (exact) mass is 1130 g/mol. The summed E-state index contributed by atoms with van der Waals surface area (Å²) in [6, 6.07) is 0.269. The Labute approximate surface area is 498 Å². The van der Waals surface area contributed by atoms with E-state index in [0.29, 0.717) is 69.2 Å². The number of unbranched alkanes of at least 4 members (excludes halogenated alkanes) is 28. The fourth-order valence-corrected chi connectivity index (χ4v) is 11.6. The minimum absolute atomic E-state index is 0.0180. The van der Waals surface area contributed by atoms with Crippen LogP contribution in [0.3, 0.4) is 0 Å². The van der Waals surface area contributed by atoms with Crippen molar-refractivity contribution >= 4 is 23.8 Å². The van der Waals surface area contributed by atoms with Crippen LogP contribution in [0, 0.1) is 17.8 Å². The quantitative estimate of drug-likeness (QED) is 0.0337. The van der Waals surface area contributed by atoms with Gasteiger partial charge in [0.1, 0.15) is 0 Å². The van der Waals surface area contributed by atoms with Crippen molar-refractivity contribution in [2.45, 2.75) is 369 Å². The maximum atomic E-state index is 14.2. The lowest BCUT2D eigenvalue weighted by molar-refractivity contribution is -0.146. The molecule has 0 aliphatic heterocycles. The van der Waals surface area contributed by atoms with Crippen LogP contribution in [-0.4, -0.2) is 86.7 Å². The highest BCUT2D eigenvalue weighted by atomic mass is 16.5. The van der Waals surface area contributed by atoms with Crippen LogP contribution in [0.5, 0.6) is 0 Å². The summed E-state index contributed by atoms with van der Waals surface area (Å²) < 4.78 is 17.4. The zero-order chi connectivity index (χ0) is 58.8. The topological polar surface area (TPSA) is 102 Å². The largest absolute Gasteiger partial charge is 0.465 e. The molecule has 0 aromatic rings. The fourth-order valence-electron chi connectivity index (χ4n) is 11.6. The van der Waals surface area contributed by atoms with E-state index in [0.717, 1.165) is 148 Å². The van der Waals surface area contributed by atoms with Gasteiger partial charge in [-0.05, 0) is 128 Å². The second-order valence-corrected chi connectivity index (χ2v) is 25.3. The van der Waals surface area contributed by atoms with Crippen LogP contribution < -0.4 is 0 Å². The lowest BCUT2D eigenvalue weighted by atomic mass is 9.96. The highest BCUT2D eigenvalue weighted by molar-refractivity contribution is 5.76. The van der Waals surface area contributed by atoms with E-state index in [-0.39, 0.29) is 23.9 Å². The van der Waals surface area contributed by atoms with Gasteiger partial charge in [0, 0.05) is 38.3 Å². The maximum absolute atomic E-state index is 14.2. The number of amides is 1. The molecule has 9 heteroatoms. The summed E-state index contributed by atoms with van der Waals surface area (Å²) in [5.74, 6) is 1.80. The lowest BCUT2D eigenvalue weighted by Crippen LogP contribution is -2.41. The molecule has 0 N–H and O–H groups in total. The molecule has 474 valence electrons. The number of carbonyl (C=O) groups excluding carboxylic acids is 4. The van der Waals surface area contributed by atoms with Crippen LogP contribution in [0.1, 0.15) is 363 Å². The van der Waals surface area contributed by atoms with Crippen molar-refractivity contribution in [1.82, 2.24) is 9.80 Å². The first-order valence-corrected chi connectivity index (χ1v) is 35.5. The molecular formula is C71H138N2O7. The fraction of sp³-hybridized carbons (Fsp3) is 0.944. The van der Waals surface area contributed by atoms with Crippen molar-refractivity contribution in [1.29, 1.82) is 0 Å². The second-order valence-electron chi connectivity index (χ2n) is 25.3. The Balaban J connectivity index is 5.37. The first-order valence-electron chi connectivity index (χ1n) is 35.5. The number of hydrogen-bond acceptors (Lipinski definition) is 8. The van der Waals surface area contributed by atoms with Gasteiger partial charge in [0.05, 0.1) is 19.8 Å². The summed E-state index contributed by atoms with van der Waals surface area (Å²) in [7, 11) is 4.22. The Morgan fingerprint density at radius 3 is 0.887 bits per heavy atom. The van der Waals surface area contributed by atoms with Crippen molar-refractivity contribution < 1.29 is 33.4 Å². The van der Waals surface area contributed by atoms with Crippen LogP contribution in [0.4, 0.5) is 0 Å². The van der Waals surface area contributed by atoms with E-state index in [1.807, 2.05) is 0 Å². The number of rotatable bonds is 63. The van der Waals surface area contributed by atoms with E-state index < -0.39 is 0 Å². The highest BCUT2D eigenvalue weighted by Crippen LogP contribution is 2.25. The Morgan fingerprint density at radius 1 is 0.287 bits per heavy atom. The van der Waals surface area contributed by atoms with Crippen molar-refractivity contribution in [3.8, 4) is 0 Å². The van der Waals surface area contributed by atoms with Gasteiger partial charge in [0.2, 0.25) is 5.91 Å². The third kappa shape index (κ3) is 51.5. The van der Waals surface area contributed by atoms with E-state index in [2.05, 4.69) is 65.4 Å². The Bertz CT molecular complexity index is 1300. The van der Waals surface area contributed by atoms with E-state index in [4.69, 9.17) is 14.2 Å². The predicted molar refractivity (Wildman–Crippen MR) is 342 cm³/mol. The number of carbonyl (C=O) groups is 4. The van der Waals surface area contributed by atoms with Crippen LogP contribution in [0.15, 0.2) is 0 Å². The molecule has 0 spiro atoms. The summed E-state index contributed by atoms with van der Waals surface area (Å²) >= 11 is 0. The molecule has 0 heterocycles. The SMILES string of the molecule is CCCCCCC(CCCC)COC(=O)CCCCCCCCC(CCCCCCCCC(=O)OCC(CCCC)CCCCCC)N(CCCCCCCCC(=O)OCC(CCCC)CCCCCC)C(=O)CCCCN(C)C. The molecular weight excluding hydrogens is 993 g/mol. The Hall–Kier alpha value is -2.16. The zero-order valence-electron chi connectivity index (χ0n) is 55.0. The normalized spacial score (nSPS) is 13.1. The molecule has 0 saturated carbocycles. The molecule has 0 bridgehead atoms. The molecule has 3 atom stereocenters. The summed E-state index contributed by atoms with van der Waals surface area (Å²) in [5, 5.41) is 0. The van der Waals surface area contributed by atoms with Crippen LogP contribution in [0.25, 0.3) is 0 Å². The van der Waals surface area contributed by atoms with Gasteiger partial charge in [0.25, 0.3) is 0 Å². The van der Waals surface area contributed by atoms with E-state index in [9.17, 15) is 19.2 Å². The molecule has 0 rings (SSSR count). The third-order valence-corrected chi connectivity index (χ3v) is 17.1. The number of esters is 3. The molecule has 0 saturated heterocycles. The number of hydrogen-bond donors (Lipinski definition) is 0. The summed E-state index contributed by atoms with van der Waals surface area (Å²) in [4.78, 5) is 56.9. The zero-order valence-corrected chi connectivity index (χ0v) is 55.0. The van der Waals surface area contributed by atoms with Crippen molar-refractivity contribution in [3.63, 3.8) is 0 Å². The summed E-state index contributed by atoms with van der Waals surface area (Å²) in [6.45, 7) is 17.1.